The minimum atomic E-state index is -0.993. The van der Waals surface area contributed by atoms with Gasteiger partial charge in [0.05, 0.1) is 0 Å². The Morgan fingerprint density at radius 2 is 1.96 bits per heavy atom. The Hall–Kier alpha value is -2.36. The fraction of sp³-hybridized carbons (Fsp3) is 0.400. The number of carbonyl (C=O) groups is 2. The summed E-state index contributed by atoms with van der Waals surface area (Å²) in [4.78, 5) is 22.6. The molecule has 0 spiro atoms. The molecule has 1 aromatic carbocycles. The van der Waals surface area contributed by atoms with Crippen LogP contribution in [0.5, 0.6) is 5.75 Å². The number of allylic oxidation sites excluding steroid dienone is 2. The summed E-state index contributed by atoms with van der Waals surface area (Å²) < 4.78 is 5.50. The number of aliphatic carboxylic acids is 1. The number of unbranched alkanes of at least 4 members (excludes halogenated alkanes) is 2. The van der Waals surface area contributed by atoms with Crippen molar-refractivity contribution in [2.24, 2.45) is 0 Å². The van der Waals surface area contributed by atoms with Gasteiger partial charge in [-0.05, 0) is 56.0 Å². The van der Waals surface area contributed by atoms with Crippen molar-refractivity contribution < 1.29 is 19.4 Å². The normalized spacial score (nSPS) is 10.6. The molecular formula is C20H26O4. The zero-order valence-electron chi connectivity index (χ0n) is 14.7. The van der Waals surface area contributed by atoms with Crippen molar-refractivity contribution >= 4 is 18.0 Å². The van der Waals surface area contributed by atoms with Gasteiger partial charge in [0, 0.05) is 12.5 Å². The van der Waals surface area contributed by atoms with E-state index in [0.29, 0.717) is 18.6 Å². The predicted molar refractivity (Wildman–Crippen MR) is 96.0 cm³/mol. The first-order chi connectivity index (χ1) is 11.4. The van der Waals surface area contributed by atoms with Gasteiger partial charge in [-0.15, -0.1) is 0 Å². The Morgan fingerprint density at radius 3 is 2.58 bits per heavy atom. The topological polar surface area (TPSA) is 63.6 Å². The summed E-state index contributed by atoms with van der Waals surface area (Å²) in [6.07, 6.45) is 8.62. The van der Waals surface area contributed by atoms with Crippen LogP contribution in [0, 0.1) is 0 Å². The molecule has 1 aromatic rings. The Balaban J connectivity index is 2.93. The first-order valence-electron chi connectivity index (χ1n) is 8.30. The molecule has 0 aromatic heterocycles. The second-order valence-electron chi connectivity index (χ2n) is 5.96. The number of carboxylic acids is 1. The standard InChI is InChI=1S/C20H26O4/c1-4-5-6-7-20(23)24-18-12-9-16(10-13-19(21)22)14-17(18)11-8-15(2)3/h8-10,12-14H,4-7,11H2,1-3H3,(H,21,22)/b13-10+. The second kappa shape index (κ2) is 10.4. The molecule has 1 N–H and O–H groups in total. The minimum Gasteiger partial charge on any atom is -0.478 e. The van der Waals surface area contributed by atoms with E-state index in [0.717, 1.165) is 36.5 Å². The Labute approximate surface area is 143 Å². The summed E-state index contributed by atoms with van der Waals surface area (Å²) in [5.41, 5.74) is 2.80. The molecule has 0 atom stereocenters. The molecule has 0 aliphatic carbocycles. The Morgan fingerprint density at radius 1 is 1.21 bits per heavy atom. The summed E-state index contributed by atoms with van der Waals surface area (Å²) >= 11 is 0. The molecule has 0 aliphatic heterocycles. The van der Waals surface area contributed by atoms with Crippen LogP contribution in [0.3, 0.4) is 0 Å². The van der Waals surface area contributed by atoms with E-state index in [1.807, 2.05) is 19.9 Å². The monoisotopic (exact) mass is 330 g/mol. The molecule has 0 unspecified atom stereocenters. The maximum absolute atomic E-state index is 11.9. The van der Waals surface area contributed by atoms with Gasteiger partial charge < -0.3 is 9.84 Å². The highest BCUT2D eigenvalue weighted by Crippen LogP contribution is 2.23. The van der Waals surface area contributed by atoms with Crippen LogP contribution in [0.4, 0.5) is 0 Å². The lowest BCUT2D eigenvalue weighted by molar-refractivity contribution is -0.134. The molecule has 0 radical (unpaired) electrons. The third-order valence-electron chi connectivity index (χ3n) is 3.44. The van der Waals surface area contributed by atoms with Gasteiger partial charge in [-0.2, -0.15) is 0 Å². The smallest absolute Gasteiger partial charge is 0.328 e. The van der Waals surface area contributed by atoms with Crippen LogP contribution >= 0.6 is 0 Å². The van der Waals surface area contributed by atoms with Crippen LogP contribution in [0.25, 0.3) is 6.08 Å². The molecule has 0 bridgehead atoms. The quantitative estimate of drug-likeness (QED) is 0.233. The van der Waals surface area contributed by atoms with Crippen molar-refractivity contribution in [2.45, 2.75) is 52.9 Å². The SMILES string of the molecule is CCCCCC(=O)Oc1ccc(/C=C/C(=O)O)cc1CC=C(C)C. The lowest BCUT2D eigenvalue weighted by Gasteiger charge is -2.10. The highest BCUT2D eigenvalue weighted by Gasteiger charge is 2.09. The molecule has 0 saturated carbocycles. The molecule has 24 heavy (non-hydrogen) atoms. The van der Waals surface area contributed by atoms with Crippen LogP contribution < -0.4 is 4.74 Å². The summed E-state index contributed by atoms with van der Waals surface area (Å²) in [7, 11) is 0. The van der Waals surface area contributed by atoms with Crippen LogP contribution in [-0.2, 0) is 16.0 Å². The van der Waals surface area contributed by atoms with Crippen molar-refractivity contribution in [2.75, 3.05) is 0 Å². The van der Waals surface area contributed by atoms with E-state index >= 15 is 0 Å². The maximum Gasteiger partial charge on any atom is 0.328 e. The van der Waals surface area contributed by atoms with Gasteiger partial charge >= 0.3 is 11.9 Å². The van der Waals surface area contributed by atoms with Gasteiger partial charge in [0.25, 0.3) is 0 Å². The highest BCUT2D eigenvalue weighted by atomic mass is 16.5. The zero-order valence-corrected chi connectivity index (χ0v) is 14.7. The summed E-state index contributed by atoms with van der Waals surface area (Å²) in [5, 5.41) is 8.73. The lowest BCUT2D eigenvalue weighted by atomic mass is 10.0. The number of hydrogen-bond acceptors (Lipinski definition) is 3. The van der Waals surface area contributed by atoms with E-state index < -0.39 is 5.97 Å². The Kier molecular flexibility index (Phi) is 8.55. The van der Waals surface area contributed by atoms with Gasteiger partial charge in [-0.1, -0.05) is 37.5 Å². The molecule has 0 fully saturated rings. The van der Waals surface area contributed by atoms with E-state index in [4.69, 9.17) is 9.84 Å². The number of hydrogen-bond donors (Lipinski definition) is 1. The van der Waals surface area contributed by atoms with Gasteiger partial charge in [-0.25, -0.2) is 4.79 Å². The molecule has 1 rings (SSSR count). The third-order valence-corrected chi connectivity index (χ3v) is 3.44. The van der Waals surface area contributed by atoms with E-state index in [9.17, 15) is 9.59 Å². The van der Waals surface area contributed by atoms with Gasteiger partial charge in [0.15, 0.2) is 0 Å². The fourth-order valence-corrected chi connectivity index (χ4v) is 2.14. The number of carboxylic acid groups (broad SMARTS) is 1. The lowest BCUT2D eigenvalue weighted by Crippen LogP contribution is -2.09. The highest BCUT2D eigenvalue weighted by molar-refractivity contribution is 5.85. The maximum atomic E-state index is 11.9. The first-order valence-corrected chi connectivity index (χ1v) is 8.30. The van der Waals surface area contributed by atoms with Gasteiger partial charge in [0.2, 0.25) is 0 Å². The first kappa shape index (κ1) is 19.7. The zero-order chi connectivity index (χ0) is 17.9. The summed E-state index contributed by atoms with van der Waals surface area (Å²) in [6, 6.07) is 5.33. The van der Waals surface area contributed by atoms with Crippen LogP contribution in [0.1, 0.15) is 57.6 Å². The van der Waals surface area contributed by atoms with Crippen molar-refractivity contribution in [3.8, 4) is 5.75 Å². The molecular weight excluding hydrogens is 304 g/mol. The van der Waals surface area contributed by atoms with Crippen LogP contribution in [0.15, 0.2) is 35.9 Å². The van der Waals surface area contributed by atoms with Gasteiger partial charge in [-0.3, -0.25) is 4.79 Å². The predicted octanol–water partition coefficient (Wildman–Crippen LogP) is 4.78. The minimum absolute atomic E-state index is 0.226. The van der Waals surface area contributed by atoms with E-state index in [2.05, 4.69) is 13.0 Å². The van der Waals surface area contributed by atoms with E-state index in [1.165, 1.54) is 11.6 Å². The number of carbonyl (C=O) groups excluding carboxylic acids is 1. The molecule has 0 amide bonds. The fourth-order valence-electron chi connectivity index (χ4n) is 2.14. The van der Waals surface area contributed by atoms with Crippen molar-refractivity contribution in [3.05, 3.63) is 47.1 Å². The average molecular weight is 330 g/mol. The molecule has 130 valence electrons. The molecule has 4 heteroatoms. The number of esters is 1. The van der Waals surface area contributed by atoms with E-state index in [1.54, 1.807) is 12.1 Å². The van der Waals surface area contributed by atoms with E-state index in [-0.39, 0.29) is 5.97 Å². The van der Waals surface area contributed by atoms with Gasteiger partial charge in [0.1, 0.15) is 5.75 Å². The molecule has 0 saturated heterocycles. The largest absolute Gasteiger partial charge is 0.478 e. The third kappa shape index (κ3) is 7.77. The number of rotatable bonds is 9. The summed E-state index contributed by atoms with van der Waals surface area (Å²) in [6.45, 7) is 6.10. The summed E-state index contributed by atoms with van der Waals surface area (Å²) in [5.74, 6) is -0.676. The van der Waals surface area contributed by atoms with Crippen molar-refractivity contribution in [1.29, 1.82) is 0 Å². The average Bonchev–Trinajstić information content (AvgIpc) is 2.52. The van der Waals surface area contributed by atoms with Crippen LogP contribution in [0.2, 0.25) is 0 Å². The van der Waals surface area contributed by atoms with Crippen molar-refractivity contribution in [3.63, 3.8) is 0 Å². The number of ether oxygens (including phenoxy) is 1. The number of benzene rings is 1. The Bertz CT molecular complexity index is 623. The molecule has 0 aliphatic rings. The second-order valence-corrected chi connectivity index (χ2v) is 5.96. The molecule has 4 nitrogen and oxygen atoms in total. The van der Waals surface area contributed by atoms with Crippen molar-refractivity contribution in [1.82, 2.24) is 0 Å². The van der Waals surface area contributed by atoms with Crippen LogP contribution in [-0.4, -0.2) is 17.0 Å². The molecule has 0 heterocycles.